The van der Waals surface area contributed by atoms with Gasteiger partial charge < -0.3 is 10.5 Å². The predicted octanol–water partition coefficient (Wildman–Crippen LogP) is 2.69. The molecule has 4 nitrogen and oxygen atoms in total. The maximum Gasteiger partial charge on any atom is 0.119 e. The number of aromatic nitrogens is 2. The van der Waals surface area contributed by atoms with E-state index in [4.69, 9.17) is 10.5 Å². The Morgan fingerprint density at radius 3 is 2.50 bits per heavy atom. The Kier molecular flexibility index (Phi) is 3.31. The van der Waals surface area contributed by atoms with Gasteiger partial charge in [-0.25, -0.2) is 0 Å². The minimum absolute atomic E-state index is 0.212. The molecule has 0 fully saturated rings. The summed E-state index contributed by atoms with van der Waals surface area (Å²) in [6.45, 7) is 0. The van der Waals surface area contributed by atoms with E-state index in [1.807, 2.05) is 42.5 Å². The maximum absolute atomic E-state index is 6.33. The molecule has 0 saturated carbocycles. The second-order valence-electron chi connectivity index (χ2n) is 4.56. The molecule has 3 rings (SSSR count). The van der Waals surface area contributed by atoms with E-state index in [0.717, 1.165) is 27.9 Å². The van der Waals surface area contributed by atoms with Crippen LogP contribution >= 0.6 is 0 Å². The van der Waals surface area contributed by atoms with E-state index in [2.05, 4.69) is 9.97 Å². The number of rotatable bonds is 3. The maximum atomic E-state index is 6.33. The van der Waals surface area contributed by atoms with E-state index < -0.39 is 0 Å². The molecule has 100 valence electrons. The average molecular weight is 265 g/mol. The molecule has 0 spiro atoms. The van der Waals surface area contributed by atoms with E-state index in [9.17, 15) is 0 Å². The molecule has 0 aliphatic carbocycles. The van der Waals surface area contributed by atoms with Crippen LogP contribution in [0.25, 0.3) is 11.0 Å². The molecule has 1 unspecified atom stereocenters. The number of nitrogens with two attached hydrogens (primary N) is 1. The summed E-state index contributed by atoms with van der Waals surface area (Å²) >= 11 is 0. The molecular formula is C16H15N3O. The molecule has 0 amide bonds. The second-order valence-corrected chi connectivity index (χ2v) is 4.56. The topological polar surface area (TPSA) is 61.0 Å². The zero-order chi connectivity index (χ0) is 13.9. The van der Waals surface area contributed by atoms with Gasteiger partial charge in [-0.15, -0.1) is 0 Å². The fraction of sp³-hybridized carbons (Fsp3) is 0.125. The van der Waals surface area contributed by atoms with Gasteiger partial charge in [0.05, 0.1) is 24.2 Å². The first-order chi connectivity index (χ1) is 9.78. The van der Waals surface area contributed by atoms with E-state index in [1.54, 1.807) is 19.5 Å². The summed E-state index contributed by atoms with van der Waals surface area (Å²) in [6, 6.07) is 13.5. The van der Waals surface area contributed by atoms with Crippen LogP contribution in [-0.4, -0.2) is 17.1 Å². The molecule has 3 aromatic rings. The number of fused-ring (bicyclic) bond motifs is 1. The standard InChI is InChI=1S/C16H15N3O/c1-20-13-4-2-3-11(9-13)16(17)12-5-6-14-15(10-12)19-8-7-18-14/h2-10,16H,17H2,1H3. The summed E-state index contributed by atoms with van der Waals surface area (Å²) in [6.07, 6.45) is 3.37. The number of benzene rings is 2. The summed E-state index contributed by atoms with van der Waals surface area (Å²) < 4.78 is 5.23. The summed E-state index contributed by atoms with van der Waals surface area (Å²) in [5.41, 5.74) is 10.1. The van der Waals surface area contributed by atoms with Crippen LogP contribution in [0, 0.1) is 0 Å². The van der Waals surface area contributed by atoms with Gasteiger partial charge in [-0.05, 0) is 35.4 Å². The SMILES string of the molecule is COc1cccc(C(N)c2ccc3nccnc3c2)c1. The van der Waals surface area contributed by atoms with Crippen molar-refractivity contribution >= 4 is 11.0 Å². The molecule has 1 atom stereocenters. The Morgan fingerprint density at radius 2 is 1.70 bits per heavy atom. The van der Waals surface area contributed by atoms with Crippen LogP contribution < -0.4 is 10.5 Å². The van der Waals surface area contributed by atoms with Crippen molar-refractivity contribution in [1.82, 2.24) is 9.97 Å². The third-order valence-corrected chi connectivity index (χ3v) is 3.31. The Hall–Kier alpha value is -2.46. The first-order valence-corrected chi connectivity index (χ1v) is 6.38. The molecular weight excluding hydrogens is 250 g/mol. The molecule has 1 heterocycles. The number of hydrogen-bond donors (Lipinski definition) is 1. The van der Waals surface area contributed by atoms with Gasteiger partial charge in [0, 0.05) is 12.4 Å². The number of ether oxygens (including phenoxy) is 1. The van der Waals surface area contributed by atoms with E-state index in [1.165, 1.54) is 0 Å². The van der Waals surface area contributed by atoms with Gasteiger partial charge >= 0.3 is 0 Å². The van der Waals surface area contributed by atoms with Gasteiger partial charge in [-0.1, -0.05) is 18.2 Å². The van der Waals surface area contributed by atoms with Crippen LogP contribution in [0.5, 0.6) is 5.75 Å². The minimum Gasteiger partial charge on any atom is -0.497 e. The Labute approximate surface area is 117 Å². The van der Waals surface area contributed by atoms with E-state index in [0.29, 0.717) is 0 Å². The quantitative estimate of drug-likeness (QED) is 0.791. The lowest BCUT2D eigenvalue weighted by atomic mass is 9.99. The van der Waals surface area contributed by atoms with Gasteiger partial charge in [0.2, 0.25) is 0 Å². The Morgan fingerprint density at radius 1 is 0.950 bits per heavy atom. The van der Waals surface area contributed by atoms with Crippen LogP contribution in [-0.2, 0) is 0 Å². The fourth-order valence-electron chi connectivity index (χ4n) is 2.20. The molecule has 0 bridgehead atoms. The zero-order valence-electron chi connectivity index (χ0n) is 11.2. The minimum atomic E-state index is -0.212. The third-order valence-electron chi connectivity index (χ3n) is 3.31. The van der Waals surface area contributed by atoms with Crippen molar-refractivity contribution in [3.63, 3.8) is 0 Å². The molecule has 2 aromatic carbocycles. The number of nitrogens with zero attached hydrogens (tertiary/aromatic N) is 2. The highest BCUT2D eigenvalue weighted by atomic mass is 16.5. The zero-order valence-corrected chi connectivity index (χ0v) is 11.2. The van der Waals surface area contributed by atoms with E-state index >= 15 is 0 Å². The number of hydrogen-bond acceptors (Lipinski definition) is 4. The Balaban J connectivity index is 2.00. The molecule has 2 N–H and O–H groups in total. The largest absolute Gasteiger partial charge is 0.497 e. The lowest BCUT2D eigenvalue weighted by Crippen LogP contribution is -2.11. The van der Waals surface area contributed by atoms with Gasteiger partial charge in [0.15, 0.2) is 0 Å². The van der Waals surface area contributed by atoms with Crippen LogP contribution in [0.4, 0.5) is 0 Å². The van der Waals surface area contributed by atoms with Crippen molar-refractivity contribution in [3.8, 4) is 5.75 Å². The summed E-state index contributed by atoms with van der Waals surface area (Å²) in [7, 11) is 1.65. The van der Waals surface area contributed by atoms with Gasteiger partial charge in [-0.3, -0.25) is 9.97 Å². The normalized spacial score (nSPS) is 12.3. The molecule has 0 aliphatic heterocycles. The van der Waals surface area contributed by atoms with Crippen molar-refractivity contribution in [2.75, 3.05) is 7.11 Å². The molecule has 1 aromatic heterocycles. The van der Waals surface area contributed by atoms with Crippen LogP contribution in [0.1, 0.15) is 17.2 Å². The lowest BCUT2D eigenvalue weighted by molar-refractivity contribution is 0.414. The van der Waals surface area contributed by atoms with Crippen molar-refractivity contribution in [2.45, 2.75) is 6.04 Å². The summed E-state index contributed by atoms with van der Waals surface area (Å²) in [5, 5.41) is 0. The van der Waals surface area contributed by atoms with Crippen molar-refractivity contribution in [2.24, 2.45) is 5.73 Å². The molecule has 0 saturated heterocycles. The lowest BCUT2D eigenvalue weighted by Gasteiger charge is -2.14. The average Bonchev–Trinajstić information content (AvgIpc) is 2.53. The predicted molar refractivity (Wildman–Crippen MR) is 78.6 cm³/mol. The highest BCUT2D eigenvalue weighted by Gasteiger charge is 2.10. The van der Waals surface area contributed by atoms with Crippen LogP contribution in [0.3, 0.4) is 0 Å². The van der Waals surface area contributed by atoms with Crippen molar-refractivity contribution in [3.05, 3.63) is 66.0 Å². The summed E-state index contributed by atoms with van der Waals surface area (Å²) in [4.78, 5) is 8.57. The molecule has 4 heteroatoms. The smallest absolute Gasteiger partial charge is 0.119 e. The monoisotopic (exact) mass is 265 g/mol. The Bertz CT molecular complexity index is 742. The van der Waals surface area contributed by atoms with Gasteiger partial charge in [0.1, 0.15) is 5.75 Å². The third kappa shape index (κ3) is 2.33. The highest BCUT2D eigenvalue weighted by molar-refractivity contribution is 5.74. The number of methoxy groups -OCH3 is 1. The van der Waals surface area contributed by atoms with Crippen molar-refractivity contribution < 1.29 is 4.74 Å². The molecule has 20 heavy (non-hydrogen) atoms. The fourth-order valence-corrected chi connectivity index (χ4v) is 2.20. The molecule has 0 aliphatic rings. The van der Waals surface area contributed by atoms with E-state index in [-0.39, 0.29) is 6.04 Å². The van der Waals surface area contributed by atoms with Crippen LogP contribution in [0.15, 0.2) is 54.9 Å². The van der Waals surface area contributed by atoms with Crippen LogP contribution in [0.2, 0.25) is 0 Å². The summed E-state index contributed by atoms with van der Waals surface area (Å²) in [5.74, 6) is 0.804. The second kappa shape index (κ2) is 5.27. The first kappa shape index (κ1) is 12.6. The van der Waals surface area contributed by atoms with Gasteiger partial charge in [0.25, 0.3) is 0 Å². The van der Waals surface area contributed by atoms with Gasteiger partial charge in [-0.2, -0.15) is 0 Å². The first-order valence-electron chi connectivity index (χ1n) is 6.38. The van der Waals surface area contributed by atoms with Crippen molar-refractivity contribution in [1.29, 1.82) is 0 Å². The highest BCUT2D eigenvalue weighted by Crippen LogP contribution is 2.24. The molecule has 0 radical (unpaired) electrons.